The van der Waals surface area contributed by atoms with Gasteiger partial charge < -0.3 is 59.7 Å². The van der Waals surface area contributed by atoms with E-state index in [0.29, 0.717) is 5.75 Å². The van der Waals surface area contributed by atoms with Crippen molar-refractivity contribution in [2.24, 2.45) is 0 Å². The molecule has 2 aliphatic heterocycles. The van der Waals surface area contributed by atoms with Crippen LogP contribution in [0.5, 0.6) is 5.75 Å². The zero-order valence-corrected chi connectivity index (χ0v) is 16.8. The highest BCUT2D eigenvalue weighted by molar-refractivity contribution is 5.85. The molecular formula is C20H27NO11. The Hall–Kier alpha value is -1.84. The highest BCUT2D eigenvalue weighted by Crippen LogP contribution is 2.32. The number of fused-ring (bicyclic) bond motifs is 1. The van der Waals surface area contributed by atoms with Crippen molar-refractivity contribution in [3.63, 3.8) is 0 Å². The summed E-state index contributed by atoms with van der Waals surface area (Å²) in [6, 6.07) is 7.26. The Morgan fingerprint density at radius 1 is 0.781 bits per heavy atom. The van der Waals surface area contributed by atoms with Crippen molar-refractivity contribution in [1.82, 2.24) is 4.98 Å². The maximum atomic E-state index is 10.7. The van der Waals surface area contributed by atoms with Gasteiger partial charge in [-0.1, -0.05) is 12.1 Å². The second-order valence-electron chi connectivity index (χ2n) is 7.82. The van der Waals surface area contributed by atoms with Gasteiger partial charge >= 0.3 is 0 Å². The molecule has 178 valence electrons. The summed E-state index contributed by atoms with van der Waals surface area (Å²) < 4.78 is 22.1. The zero-order valence-electron chi connectivity index (χ0n) is 16.8. The summed E-state index contributed by atoms with van der Waals surface area (Å²) in [5.74, 6) is 0.363. The molecule has 1 aromatic carbocycles. The molecule has 12 nitrogen and oxygen atoms in total. The van der Waals surface area contributed by atoms with E-state index in [-0.39, 0.29) is 0 Å². The van der Waals surface area contributed by atoms with Gasteiger partial charge in [-0.2, -0.15) is 0 Å². The highest BCUT2D eigenvalue weighted by atomic mass is 16.7. The molecule has 0 radical (unpaired) electrons. The van der Waals surface area contributed by atoms with Crippen molar-refractivity contribution in [3.05, 3.63) is 30.5 Å². The molecule has 0 bridgehead atoms. The van der Waals surface area contributed by atoms with E-state index in [2.05, 4.69) is 4.98 Å². The zero-order chi connectivity index (χ0) is 23.0. The van der Waals surface area contributed by atoms with Gasteiger partial charge in [0.2, 0.25) is 6.29 Å². The molecule has 0 saturated carbocycles. The monoisotopic (exact) mass is 457 g/mol. The second-order valence-corrected chi connectivity index (χ2v) is 7.82. The van der Waals surface area contributed by atoms with Crippen LogP contribution in [0.25, 0.3) is 10.9 Å². The molecule has 0 amide bonds. The van der Waals surface area contributed by atoms with Gasteiger partial charge in [-0.3, -0.25) is 0 Å². The lowest BCUT2D eigenvalue weighted by atomic mass is 9.97. The van der Waals surface area contributed by atoms with E-state index in [1.165, 1.54) is 0 Å². The third kappa shape index (κ3) is 4.22. The fraction of sp³-hybridized carbons (Fsp3) is 0.600. The van der Waals surface area contributed by atoms with Crippen LogP contribution >= 0.6 is 0 Å². The Bertz CT molecular complexity index is 889. The number of nitrogens with one attached hydrogen (secondary N) is 1. The lowest BCUT2D eigenvalue weighted by molar-refractivity contribution is -0.352. The minimum Gasteiger partial charge on any atom is -0.460 e. The average Bonchev–Trinajstić information content (AvgIpc) is 3.21. The van der Waals surface area contributed by atoms with E-state index in [1.807, 2.05) is 12.1 Å². The van der Waals surface area contributed by atoms with E-state index in [1.54, 1.807) is 18.3 Å². The van der Waals surface area contributed by atoms with Crippen LogP contribution in [0.1, 0.15) is 0 Å². The van der Waals surface area contributed by atoms with Gasteiger partial charge in [0.1, 0.15) is 54.6 Å². The van der Waals surface area contributed by atoms with E-state index >= 15 is 0 Å². The van der Waals surface area contributed by atoms with Crippen molar-refractivity contribution in [1.29, 1.82) is 0 Å². The summed E-state index contributed by atoms with van der Waals surface area (Å²) in [5.41, 5.74) is 0.788. The van der Waals surface area contributed by atoms with Gasteiger partial charge in [0.25, 0.3) is 0 Å². The molecule has 2 fully saturated rings. The lowest BCUT2D eigenvalue weighted by Crippen LogP contribution is -2.65. The van der Waals surface area contributed by atoms with Crippen LogP contribution in [-0.4, -0.2) is 115 Å². The fourth-order valence-electron chi connectivity index (χ4n) is 3.92. The van der Waals surface area contributed by atoms with Gasteiger partial charge in [-0.05, 0) is 12.1 Å². The maximum absolute atomic E-state index is 10.7. The molecule has 8 N–H and O–H groups in total. The van der Waals surface area contributed by atoms with E-state index in [4.69, 9.17) is 18.9 Å². The number of H-pyrrole nitrogens is 1. The summed E-state index contributed by atoms with van der Waals surface area (Å²) in [4.78, 5) is 3.01. The van der Waals surface area contributed by atoms with Gasteiger partial charge in [0, 0.05) is 17.1 Å². The van der Waals surface area contributed by atoms with Crippen molar-refractivity contribution in [3.8, 4) is 5.75 Å². The number of hydrogen-bond acceptors (Lipinski definition) is 11. The molecule has 0 spiro atoms. The number of ether oxygens (including phenoxy) is 4. The van der Waals surface area contributed by atoms with Gasteiger partial charge in [0.05, 0.1) is 13.2 Å². The normalized spacial score (nSPS) is 40.5. The predicted octanol–water partition coefficient (Wildman–Crippen LogP) is -2.83. The smallest absolute Gasteiger partial charge is 0.229 e. The molecule has 12 heteroatoms. The number of aromatic amines is 1. The first kappa shape index (κ1) is 23.3. The van der Waals surface area contributed by atoms with Crippen molar-refractivity contribution < 1.29 is 54.7 Å². The topological polar surface area (TPSA) is 194 Å². The standard InChI is InChI=1S/C20H27NO11/c22-6-11-13(24)14(25)16(27)20(30-11)32-18-12(7-23)31-19(17(28)15(18)26)29-10-5-21-9-4-2-1-3-8(9)10/h1-5,11-28H,6-7H2. The van der Waals surface area contributed by atoms with Crippen molar-refractivity contribution in [2.45, 2.75) is 61.4 Å². The van der Waals surface area contributed by atoms with Crippen LogP contribution in [0.3, 0.4) is 0 Å². The van der Waals surface area contributed by atoms with E-state index in [0.717, 1.165) is 10.9 Å². The number of aliphatic hydroxyl groups excluding tert-OH is 7. The number of hydrogen-bond donors (Lipinski definition) is 8. The quantitative estimate of drug-likeness (QED) is 0.223. The van der Waals surface area contributed by atoms with Crippen molar-refractivity contribution >= 4 is 10.9 Å². The molecule has 1 aromatic heterocycles. The van der Waals surface area contributed by atoms with E-state index < -0.39 is 74.6 Å². The van der Waals surface area contributed by atoms with Crippen LogP contribution in [0, 0.1) is 0 Å². The molecule has 3 heterocycles. The Labute approximate surface area is 182 Å². The lowest BCUT2D eigenvalue weighted by Gasteiger charge is -2.45. The van der Waals surface area contributed by atoms with Gasteiger partial charge in [0.15, 0.2) is 6.29 Å². The third-order valence-electron chi connectivity index (χ3n) is 5.75. The van der Waals surface area contributed by atoms with Gasteiger partial charge in [-0.25, -0.2) is 0 Å². The maximum Gasteiger partial charge on any atom is 0.229 e. The summed E-state index contributed by atoms with van der Waals surface area (Å²) in [7, 11) is 0. The molecule has 2 aliphatic rings. The first-order chi connectivity index (χ1) is 15.3. The molecule has 2 aromatic rings. The fourth-order valence-corrected chi connectivity index (χ4v) is 3.92. The molecule has 0 aliphatic carbocycles. The number of aromatic nitrogens is 1. The van der Waals surface area contributed by atoms with Crippen LogP contribution in [0.15, 0.2) is 30.5 Å². The summed E-state index contributed by atoms with van der Waals surface area (Å²) >= 11 is 0. The van der Waals surface area contributed by atoms with Crippen LogP contribution in [0.4, 0.5) is 0 Å². The molecular weight excluding hydrogens is 430 g/mol. The predicted molar refractivity (Wildman–Crippen MR) is 105 cm³/mol. The highest BCUT2D eigenvalue weighted by Gasteiger charge is 2.51. The van der Waals surface area contributed by atoms with Gasteiger partial charge in [-0.15, -0.1) is 0 Å². The number of rotatable bonds is 6. The Kier molecular flexibility index (Phi) is 6.97. The Morgan fingerprint density at radius 3 is 2.16 bits per heavy atom. The molecule has 32 heavy (non-hydrogen) atoms. The summed E-state index contributed by atoms with van der Waals surface area (Å²) in [6.07, 6.45) is -13.4. The Morgan fingerprint density at radius 2 is 1.44 bits per heavy atom. The minimum atomic E-state index is -1.73. The molecule has 10 unspecified atom stereocenters. The number of para-hydroxylation sites is 1. The second kappa shape index (κ2) is 9.57. The third-order valence-corrected chi connectivity index (χ3v) is 5.75. The van der Waals surface area contributed by atoms with Crippen LogP contribution < -0.4 is 4.74 Å². The largest absolute Gasteiger partial charge is 0.460 e. The van der Waals surface area contributed by atoms with E-state index in [9.17, 15) is 35.7 Å². The summed E-state index contributed by atoms with van der Waals surface area (Å²) in [5, 5.41) is 71.0. The Balaban J connectivity index is 1.48. The van der Waals surface area contributed by atoms with Crippen molar-refractivity contribution in [2.75, 3.05) is 13.2 Å². The number of aliphatic hydroxyl groups is 7. The minimum absolute atomic E-state index is 0.363. The summed E-state index contributed by atoms with van der Waals surface area (Å²) in [6.45, 7) is -1.30. The number of benzene rings is 1. The first-order valence-electron chi connectivity index (χ1n) is 10.2. The SMILES string of the molecule is OCC1OC(OC2C(CO)OC(Oc3c[nH]c4ccccc34)C(O)C2O)C(O)C(O)C1O. The first-order valence-corrected chi connectivity index (χ1v) is 10.2. The van der Waals surface area contributed by atoms with Crippen LogP contribution in [-0.2, 0) is 14.2 Å². The molecule has 2 saturated heterocycles. The van der Waals surface area contributed by atoms with Crippen LogP contribution in [0.2, 0.25) is 0 Å². The molecule has 10 atom stereocenters. The molecule has 4 rings (SSSR count). The average molecular weight is 457 g/mol.